The highest BCUT2D eigenvalue weighted by atomic mass is 16.5. The normalized spacial score (nSPS) is 28.1. The molecule has 0 aromatic rings. The van der Waals surface area contributed by atoms with Crippen molar-refractivity contribution < 1.29 is 19.1 Å². The van der Waals surface area contributed by atoms with Crippen molar-refractivity contribution in [3.63, 3.8) is 0 Å². The summed E-state index contributed by atoms with van der Waals surface area (Å²) in [5.41, 5.74) is 8.04. The Morgan fingerprint density at radius 3 is 2.71 bits per heavy atom. The lowest BCUT2D eigenvalue weighted by atomic mass is 9.69. The second-order valence-electron chi connectivity index (χ2n) is 9.00. The third kappa shape index (κ3) is 7.46. The van der Waals surface area contributed by atoms with Crippen LogP contribution in [0.2, 0.25) is 0 Å². The van der Waals surface area contributed by atoms with E-state index >= 15 is 0 Å². The maximum Gasteiger partial charge on any atom is 0.323 e. The molecular weight excluding hydrogens is 400 g/mol. The highest BCUT2D eigenvalue weighted by molar-refractivity contribution is 5.81. The first kappa shape index (κ1) is 25.1. The Hall–Kier alpha value is -2.20. The standard InChI is InChI=1S/C21H38N6O4/c1-13(12-28)27(3)20(29)8-14(2)31-21(30)18-10-17-9-15(4-6-16(17)11-24-18)5-7-19(22)25-26-23/h12-18,24,26H,4-11,23H2,1-3H3,(H2,22,25). The van der Waals surface area contributed by atoms with Crippen LogP contribution in [0.5, 0.6) is 0 Å². The number of nitrogens with two attached hydrogens (primary N) is 2. The average Bonchev–Trinajstić information content (AvgIpc) is 2.75. The maximum absolute atomic E-state index is 12.7. The molecule has 31 heavy (non-hydrogen) atoms. The molecule has 1 saturated heterocycles. The number of amides is 1. The van der Waals surface area contributed by atoms with E-state index in [0.717, 1.165) is 38.6 Å². The van der Waals surface area contributed by atoms with Crippen LogP contribution in [-0.4, -0.2) is 60.7 Å². The number of carbonyl (C=O) groups is 3. The number of likely N-dealkylation sites (N-methyl/N-ethyl adjacent to an activating group) is 1. The maximum atomic E-state index is 12.7. The van der Waals surface area contributed by atoms with Crippen molar-refractivity contribution in [2.75, 3.05) is 13.6 Å². The van der Waals surface area contributed by atoms with Gasteiger partial charge in [0.25, 0.3) is 0 Å². The van der Waals surface area contributed by atoms with E-state index in [0.29, 0.717) is 36.3 Å². The van der Waals surface area contributed by atoms with Crippen LogP contribution >= 0.6 is 0 Å². The molecule has 10 nitrogen and oxygen atoms in total. The van der Waals surface area contributed by atoms with Gasteiger partial charge in [-0.15, -0.1) is 0 Å². The minimum Gasteiger partial charge on any atom is -0.461 e. The number of esters is 1. The van der Waals surface area contributed by atoms with Gasteiger partial charge < -0.3 is 25.5 Å². The fourth-order valence-corrected chi connectivity index (χ4v) is 4.62. The molecule has 2 aliphatic rings. The van der Waals surface area contributed by atoms with Crippen molar-refractivity contribution in [1.29, 1.82) is 0 Å². The molecule has 2 rings (SSSR count). The molecule has 0 spiro atoms. The Morgan fingerprint density at radius 2 is 2.03 bits per heavy atom. The third-order valence-corrected chi connectivity index (χ3v) is 6.70. The van der Waals surface area contributed by atoms with Gasteiger partial charge in [0, 0.05) is 13.5 Å². The van der Waals surface area contributed by atoms with E-state index in [1.165, 1.54) is 4.90 Å². The number of nitrogens with zero attached hydrogens (tertiary/aromatic N) is 2. The molecule has 1 saturated carbocycles. The number of hydrazine groups is 1. The predicted molar refractivity (Wildman–Crippen MR) is 117 cm³/mol. The van der Waals surface area contributed by atoms with Gasteiger partial charge >= 0.3 is 5.97 Å². The van der Waals surface area contributed by atoms with Crippen LogP contribution in [0.4, 0.5) is 0 Å². The molecule has 6 atom stereocenters. The van der Waals surface area contributed by atoms with Gasteiger partial charge in [-0.25, -0.2) is 11.4 Å². The lowest BCUT2D eigenvalue weighted by Gasteiger charge is -2.42. The van der Waals surface area contributed by atoms with Crippen LogP contribution < -0.4 is 22.4 Å². The van der Waals surface area contributed by atoms with Crippen LogP contribution in [0.1, 0.15) is 58.8 Å². The van der Waals surface area contributed by atoms with Crippen LogP contribution in [0.15, 0.2) is 5.10 Å². The summed E-state index contributed by atoms with van der Waals surface area (Å²) in [6.07, 6.45) is 6.02. The van der Waals surface area contributed by atoms with E-state index in [9.17, 15) is 14.4 Å². The minimum atomic E-state index is -0.543. The van der Waals surface area contributed by atoms with Crippen molar-refractivity contribution in [3.8, 4) is 0 Å². The average molecular weight is 439 g/mol. The summed E-state index contributed by atoms with van der Waals surface area (Å²) in [5.74, 6) is 6.75. The van der Waals surface area contributed by atoms with Crippen molar-refractivity contribution >= 4 is 24.0 Å². The van der Waals surface area contributed by atoms with Crippen LogP contribution in [0.3, 0.4) is 0 Å². The smallest absolute Gasteiger partial charge is 0.323 e. The summed E-state index contributed by atoms with van der Waals surface area (Å²) in [6.45, 7) is 4.17. The molecule has 6 N–H and O–H groups in total. The van der Waals surface area contributed by atoms with Gasteiger partial charge in [0.15, 0.2) is 0 Å². The number of rotatable bonds is 10. The van der Waals surface area contributed by atoms with Gasteiger partial charge in [-0.2, -0.15) is 5.10 Å². The Labute approximate surface area is 184 Å². The Kier molecular flexibility index (Phi) is 9.70. The Morgan fingerprint density at radius 1 is 1.29 bits per heavy atom. The quantitative estimate of drug-likeness (QED) is 0.0947. The molecule has 1 amide bonds. The van der Waals surface area contributed by atoms with Gasteiger partial charge in [-0.1, -0.05) is 6.42 Å². The molecule has 2 fully saturated rings. The van der Waals surface area contributed by atoms with Crippen molar-refractivity contribution in [2.24, 2.45) is 34.4 Å². The number of nitrogens with one attached hydrogen (secondary N) is 2. The van der Waals surface area contributed by atoms with Crippen LogP contribution in [-0.2, 0) is 19.1 Å². The molecule has 176 valence electrons. The number of piperidine rings is 1. The first-order valence-corrected chi connectivity index (χ1v) is 11.2. The van der Waals surface area contributed by atoms with Gasteiger partial charge in [0.1, 0.15) is 24.3 Å². The molecule has 1 aliphatic carbocycles. The van der Waals surface area contributed by atoms with Crippen molar-refractivity contribution in [3.05, 3.63) is 0 Å². The number of hydrogen-bond acceptors (Lipinski definition) is 8. The highest BCUT2D eigenvalue weighted by Gasteiger charge is 2.38. The molecule has 1 heterocycles. The van der Waals surface area contributed by atoms with Crippen LogP contribution in [0, 0.1) is 17.8 Å². The Balaban J connectivity index is 1.81. The molecule has 10 heteroatoms. The number of hydrogen-bond donors (Lipinski definition) is 4. The number of carbonyl (C=O) groups excluding carboxylic acids is 3. The topological polar surface area (TPSA) is 152 Å². The van der Waals surface area contributed by atoms with E-state index in [-0.39, 0.29) is 24.3 Å². The zero-order chi connectivity index (χ0) is 23.0. The number of ether oxygens (including phenoxy) is 1. The SMILES string of the molecule is CC(CC(=O)N(C)C(C)C=O)OC(=O)C1CC2CC(CC/C(N)=N/NN)CCC2CN1. The molecule has 0 bridgehead atoms. The fourth-order valence-electron chi connectivity index (χ4n) is 4.62. The molecule has 0 aromatic heterocycles. The predicted octanol–water partition coefficient (Wildman–Crippen LogP) is 0.264. The summed E-state index contributed by atoms with van der Waals surface area (Å²) < 4.78 is 5.55. The first-order chi connectivity index (χ1) is 14.7. The van der Waals surface area contributed by atoms with Gasteiger partial charge in [0.05, 0.1) is 12.5 Å². The molecular formula is C21H38N6O4. The largest absolute Gasteiger partial charge is 0.461 e. The number of fused-ring (bicyclic) bond motifs is 1. The molecule has 6 unspecified atom stereocenters. The minimum absolute atomic E-state index is 0.0574. The monoisotopic (exact) mass is 438 g/mol. The summed E-state index contributed by atoms with van der Waals surface area (Å²) in [5, 5.41) is 7.14. The second-order valence-corrected chi connectivity index (χ2v) is 9.00. The lowest BCUT2D eigenvalue weighted by Crippen LogP contribution is -2.50. The molecule has 0 aromatic carbocycles. The van der Waals surface area contributed by atoms with Crippen molar-refractivity contribution in [1.82, 2.24) is 15.8 Å². The first-order valence-electron chi connectivity index (χ1n) is 11.2. The van der Waals surface area contributed by atoms with Gasteiger partial charge in [0.2, 0.25) is 5.91 Å². The summed E-state index contributed by atoms with van der Waals surface area (Å²) in [4.78, 5) is 37.1. The van der Waals surface area contributed by atoms with Crippen LogP contribution in [0.25, 0.3) is 0 Å². The number of aldehydes is 1. The zero-order valence-electron chi connectivity index (χ0n) is 18.9. The van der Waals surface area contributed by atoms with E-state index in [4.69, 9.17) is 16.3 Å². The summed E-state index contributed by atoms with van der Waals surface area (Å²) >= 11 is 0. The zero-order valence-corrected chi connectivity index (χ0v) is 18.9. The second kappa shape index (κ2) is 12.0. The lowest BCUT2D eigenvalue weighted by molar-refractivity contribution is -0.154. The summed E-state index contributed by atoms with van der Waals surface area (Å²) in [6, 6.07) is -0.850. The van der Waals surface area contributed by atoms with Crippen molar-refractivity contribution in [2.45, 2.75) is 77.0 Å². The van der Waals surface area contributed by atoms with E-state index in [1.54, 1.807) is 20.9 Å². The van der Waals surface area contributed by atoms with Gasteiger partial charge in [-0.3, -0.25) is 9.59 Å². The van der Waals surface area contributed by atoms with Gasteiger partial charge in [-0.05, 0) is 63.8 Å². The molecule has 0 radical (unpaired) electrons. The van der Waals surface area contributed by atoms with E-state index in [2.05, 4.69) is 16.0 Å². The number of hydrazone groups is 1. The summed E-state index contributed by atoms with van der Waals surface area (Å²) in [7, 11) is 1.57. The third-order valence-electron chi connectivity index (χ3n) is 6.70. The fraction of sp³-hybridized carbons (Fsp3) is 0.810. The Bertz CT molecular complexity index is 658. The number of amidine groups is 1. The van der Waals surface area contributed by atoms with E-state index < -0.39 is 12.1 Å². The molecule has 1 aliphatic heterocycles. The highest BCUT2D eigenvalue weighted by Crippen LogP contribution is 2.40. The van der Waals surface area contributed by atoms with E-state index in [1.807, 2.05) is 0 Å².